The molecule has 0 spiro atoms. The Morgan fingerprint density at radius 2 is 1.62 bits per heavy atom. The third kappa shape index (κ3) is 4.09. The smallest absolute Gasteiger partial charge is 0.212 e. The Balaban J connectivity index is 1.36. The zero-order valence-electron chi connectivity index (χ0n) is 17.8. The summed E-state index contributed by atoms with van der Waals surface area (Å²) in [6, 6.07) is 15.0. The molecule has 1 heterocycles. The fraction of sp³-hybridized carbons (Fsp3) is 0.346. The predicted octanol–water partition coefficient (Wildman–Crippen LogP) is 5.03. The summed E-state index contributed by atoms with van der Waals surface area (Å²) < 4.78 is 21.1. The zero-order valence-corrected chi connectivity index (χ0v) is 17.8. The fourth-order valence-corrected chi connectivity index (χ4v) is 4.77. The van der Waals surface area contributed by atoms with Crippen molar-refractivity contribution in [3.63, 3.8) is 0 Å². The molecule has 5 nitrogen and oxygen atoms in total. The first-order chi connectivity index (χ1) is 15.6. The van der Waals surface area contributed by atoms with Gasteiger partial charge in [-0.25, -0.2) is 9.07 Å². The van der Waals surface area contributed by atoms with Crippen LogP contribution in [0.2, 0.25) is 0 Å². The number of carbonyl (C=O) groups is 2. The quantitative estimate of drug-likeness (QED) is 0.492. The number of carbonyl (C=O) groups excluding carboxylic acids is 2. The van der Waals surface area contributed by atoms with Crippen molar-refractivity contribution in [1.82, 2.24) is 9.78 Å². The van der Waals surface area contributed by atoms with Crippen LogP contribution in [0.4, 0.5) is 4.39 Å². The molecule has 32 heavy (non-hydrogen) atoms. The molecule has 3 aromatic rings. The van der Waals surface area contributed by atoms with Gasteiger partial charge in [-0.2, -0.15) is 5.10 Å². The molecule has 0 amide bonds. The predicted molar refractivity (Wildman–Crippen MR) is 117 cm³/mol. The Hall–Kier alpha value is -3.28. The second kappa shape index (κ2) is 8.69. The summed E-state index contributed by atoms with van der Waals surface area (Å²) in [7, 11) is 0. The molecule has 2 aromatic carbocycles. The molecule has 164 valence electrons. The van der Waals surface area contributed by atoms with Crippen LogP contribution in [-0.2, 0) is 19.6 Å². The number of hydrogen-bond acceptors (Lipinski definition) is 4. The molecule has 1 aromatic heterocycles. The molecule has 0 unspecified atom stereocenters. The third-order valence-corrected chi connectivity index (χ3v) is 6.50. The maximum absolute atomic E-state index is 13.2. The van der Waals surface area contributed by atoms with E-state index in [0.29, 0.717) is 35.2 Å². The van der Waals surface area contributed by atoms with Crippen molar-refractivity contribution in [3.8, 4) is 5.88 Å². The number of hydrogen-bond donors (Lipinski definition) is 0. The van der Waals surface area contributed by atoms with Crippen LogP contribution in [0.3, 0.4) is 0 Å². The van der Waals surface area contributed by atoms with Crippen molar-refractivity contribution in [2.24, 2.45) is 11.8 Å². The largest absolute Gasteiger partial charge is 0.473 e. The first-order valence-electron chi connectivity index (χ1n) is 11.2. The van der Waals surface area contributed by atoms with Gasteiger partial charge in [0.05, 0.1) is 11.6 Å². The van der Waals surface area contributed by atoms with E-state index in [2.05, 4.69) is 0 Å². The minimum atomic E-state index is -0.729. The lowest BCUT2D eigenvalue weighted by Gasteiger charge is -2.13. The molecule has 2 aliphatic carbocycles. The van der Waals surface area contributed by atoms with E-state index in [9.17, 15) is 14.0 Å². The summed E-state index contributed by atoms with van der Waals surface area (Å²) >= 11 is 0. The van der Waals surface area contributed by atoms with E-state index in [1.54, 1.807) is 36.4 Å². The first kappa shape index (κ1) is 20.6. The molecular formula is C26H25FN2O3. The van der Waals surface area contributed by atoms with Crippen LogP contribution in [0.5, 0.6) is 5.88 Å². The molecule has 5 rings (SSSR count). The minimum Gasteiger partial charge on any atom is -0.473 e. The van der Waals surface area contributed by atoms with Crippen LogP contribution in [-0.4, -0.2) is 21.3 Å². The zero-order chi connectivity index (χ0) is 22.1. The standard InChI is InChI=1S/C26H25FN2O3/c27-19-11-9-18(10-12-19)16-32-24-14-20(28-29(24)15-17-5-1-2-6-17)13-23-25(30)21-7-3-4-8-22(21)26(23)31/h3-4,7-12,14,17,23H,1-2,5-6,13,15-16H2. The van der Waals surface area contributed by atoms with E-state index in [1.807, 2.05) is 10.7 Å². The number of halogens is 1. The highest BCUT2D eigenvalue weighted by atomic mass is 19.1. The van der Waals surface area contributed by atoms with Crippen LogP contribution in [0.15, 0.2) is 54.6 Å². The van der Waals surface area contributed by atoms with E-state index < -0.39 is 5.92 Å². The van der Waals surface area contributed by atoms with Crippen molar-refractivity contribution in [1.29, 1.82) is 0 Å². The molecule has 6 heteroatoms. The first-order valence-corrected chi connectivity index (χ1v) is 11.2. The van der Waals surface area contributed by atoms with Crippen molar-refractivity contribution in [2.45, 2.75) is 45.3 Å². The van der Waals surface area contributed by atoms with Crippen molar-refractivity contribution >= 4 is 11.6 Å². The lowest BCUT2D eigenvalue weighted by molar-refractivity contribution is 0.0837. The van der Waals surface area contributed by atoms with Crippen molar-refractivity contribution < 1.29 is 18.7 Å². The Kier molecular flexibility index (Phi) is 5.60. The van der Waals surface area contributed by atoms with E-state index >= 15 is 0 Å². The number of fused-ring (bicyclic) bond motifs is 1. The van der Waals surface area contributed by atoms with Crippen LogP contribution in [0, 0.1) is 17.7 Å². The number of benzene rings is 2. The van der Waals surface area contributed by atoms with E-state index in [0.717, 1.165) is 12.1 Å². The number of aromatic nitrogens is 2. The Bertz CT molecular complexity index is 1110. The van der Waals surface area contributed by atoms with Gasteiger partial charge in [-0.3, -0.25) is 9.59 Å². The molecule has 2 aliphatic rings. The second-order valence-electron chi connectivity index (χ2n) is 8.75. The van der Waals surface area contributed by atoms with Gasteiger partial charge in [-0.1, -0.05) is 49.2 Å². The Morgan fingerprint density at radius 3 is 2.28 bits per heavy atom. The maximum atomic E-state index is 13.2. The minimum absolute atomic E-state index is 0.135. The van der Waals surface area contributed by atoms with Crippen LogP contribution >= 0.6 is 0 Å². The van der Waals surface area contributed by atoms with Gasteiger partial charge < -0.3 is 4.74 Å². The van der Waals surface area contributed by atoms with Crippen LogP contribution < -0.4 is 4.74 Å². The van der Waals surface area contributed by atoms with Gasteiger partial charge in [0.15, 0.2) is 11.6 Å². The fourth-order valence-electron chi connectivity index (χ4n) is 4.77. The average molecular weight is 432 g/mol. The highest BCUT2D eigenvalue weighted by molar-refractivity contribution is 6.26. The van der Waals surface area contributed by atoms with Crippen molar-refractivity contribution in [3.05, 3.63) is 82.8 Å². The molecule has 1 saturated carbocycles. The average Bonchev–Trinajstić information content (AvgIpc) is 3.51. The molecular weight excluding hydrogens is 407 g/mol. The van der Waals surface area contributed by atoms with Gasteiger partial charge in [0.2, 0.25) is 5.88 Å². The van der Waals surface area contributed by atoms with Gasteiger partial charge in [0, 0.05) is 30.2 Å². The monoisotopic (exact) mass is 432 g/mol. The summed E-state index contributed by atoms with van der Waals surface area (Å²) in [6.07, 6.45) is 5.06. The molecule has 0 radical (unpaired) electrons. The lowest BCUT2D eigenvalue weighted by Crippen LogP contribution is -2.18. The Labute approximate surface area is 186 Å². The second-order valence-corrected chi connectivity index (χ2v) is 8.75. The maximum Gasteiger partial charge on any atom is 0.212 e. The van der Waals surface area contributed by atoms with Crippen LogP contribution in [0.25, 0.3) is 0 Å². The molecule has 0 N–H and O–H groups in total. The molecule has 0 atom stereocenters. The molecule has 0 saturated heterocycles. The van der Waals surface area contributed by atoms with E-state index in [4.69, 9.17) is 9.84 Å². The van der Waals surface area contributed by atoms with Crippen LogP contribution in [0.1, 0.15) is 57.7 Å². The molecule has 0 aliphatic heterocycles. The van der Waals surface area contributed by atoms with E-state index in [-0.39, 0.29) is 23.8 Å². The topological polar surface area (TPSA) is 61.2 Å². The third-order valence-electron chi connectivity index (χ3n) is 6.50. The van der Waals surface area contributed by atoms with Gasteiger partial charge in [-0.15, -0.1) is 0 Å². The summed E-state index contributed by atoms with van der Waals surface area (Å²) in [4.78, 5) is 25.6. The van der Waals surface area contributed by atoms with Gasteiger partial charge >= 0.3 is 0 Å². The normalized spacial score (nSPS) is 16.7. The highest BCUT2D eigenvalue weighted by Gasteiger charge is 2.38. The highest BCUT2D eigenvalue weighted by Crippen LogP contribution is 2.31. The summed E-state index contributed by atoms with van der Waals surface area (Å²) in [5.41, 5.74) is 2.54. The number of ether oxygens (including phenoxy) is 1. The lowest BCUT2D eigenvalue weighted by atomic mass is 9.98. The van der Waals surface area contributed by atoms with Gasteiger partial charge in [-0.05, 0) is 36.5 Å². The number of Topliss-reactive ketones (excluding diaryl/α,β-unsaturated/α-hetero) is 2. The molecule has 0 bridgehead atoms. The molecule has 1 fully saturated rings. The summed E-state index contributed by atoms with van der Waals surface area (Å²) in [6.45, 7) is 1.05. The number of rotatable bonds is 7. The number of ketones is 2. The van der Waals surface area contributed by atoms with Crippen molar-refractivity contribution in [2.75, 3.05) is 0 Å². The van der Waals surface area contributed by atoms with Gasteiger partial charge in [0.25, 0.3) is 0 Å². The number of nitrogens with zero attached hydrogens (tertiary/aromatic N) is 2. The summed E-state index contributed by atoms with van der Waals surface area (Å²) in [5, 5.41) is 4.72. The van der Waals surface area contributed by atoms with E-state index in [1.165, 1.54) is 37.8 Å². The summed E-state index contributed by atoms with van der Waals surface area (Å²) in [5.74, 6) is -0.114. The Morgan fingerprint density at radius 1 is 0.969 bits per heavy atom. The van der Waals surface area contributed by atoms with Gasteiger partial charge in [0.1, 0.15) is 12.4 Å². The SMILES string of the molecule is O=C1c2ccccc2C(=O)C1Cc1cc(OCc2ccc(F)cc2)n(CC2CCCC2)n1.